The van der Waals surface area contributed by atoms with E-state index in [-0.39, 0.29) is 5.82 Å². The van der Waals surface area contributed by atoms with Crippen molar-refractivity contribution < 1.29 is 4.39 Å². The van der Waals surface area contributed by atoms with Gasteiger partial charge in [0.05, 0.1) is 0 Å². The zero-order valence-corrected chi connectivity index (χ0v) is 9.03. The molecular weight excluding hydrogens is 197 g/mol. The number of benzene rings is 1. The predicted molar refractivity (Wildman–Crippen MR) is 58.1 cm³/mol. The molecule has 0 spiro atoms. The number of hydrogen-bond acceptors (Lipinski definition) is 2. The topological polar surface area (TPSA) is 12.0 Å². The summed E-state index contributed by atoms with van der Waals surface area (Å²) in [5.41, 5.74) is 0. The van der Waals surface area contributed by atoms with E-state index in [0.29, 0.717) is 4.75 Å². The van der Waals surface area contributed by atoms with Gasteiger partial charge in [0, 0.05) is 16.2 Å². The van der Waals surface area contributed by atoms with E-state index in [1.807, 2.05) is 30.9 Å². The molecule has 1 aliphatic carbocycles. The lowest BCUT2D eigenvalue weighted by Gasteiger charge is -2.13. The van der Waals surface area contributed by atoms with Crippen LogP contribution < -0.4 is 5.32 Å². The molecule has 1 nitrogen and oxygen atoms in total. The van der Waals surface area contributed by atoms with Crippen LogP contribution in [0.4, 0.5) is 4.39 Å². The van der Waals surface area contributed by atoms with Gasteiger partial charge in [0.15, 0.2) is 0 Å². The normalized spacial score (nSPS) is 18.1. The Morgan fingerprint density at radius 3 is 2.50 bits per heavy atom. The molecule has 1 aromatic rings. The average Bonchev–Trinajstić information content (AvgIpc) is 2.90. The van der Waals surface area contributed by atoms with Crippen molar-refractivity contribution in [3.8, 4) is 0 Å². The molecule has 2 rings (SSSR count). The molecule has 0 saturated heterocycles. The van der Waals surface area contributed by atoms with E-state index in [4.69, 9.17) is 0 Å². The van der Waals surface area contributed by atoms with Gasteiger partial charge >= 0.3 is 0 Å². The molecule has 1 N–H and O–H groups in total. The summed E-state index contributed by atoms with van der Waals surface area (Å²) in [5, 5.41) is 3.21. The number of rotatable bonds is 4. The molecule has 1 aromatic carbocycles. The minimum Gasteiger partial charge on any atom is -0.318 e. The van der Waals surface area contributed by atoms with Crippen LogP contribution in [-0.2, 0) is 0 Å². The third-order valence-electron chi connectivity index (χ3n) is 2.45. The van der Waals surface area contributed by atoms with Gasteiger partial charge in [-0.3, -0.25) is 0 Å². The van der Waals surface area contributed by atoms with E-state index < -0.39 is 0 Å². The van der Waals surface area contributed by atoms with Gasteiger partial charge in [0.25, 0.3) is 0 Å². The van der Waals surface area contributed by atoms with Crippen LogP contribution in [0.2, 0.25) is 0 Å². The number of hydrogen-bond donors (Lipinski definition) is 1. The first-order valence-electron chi connectivity index (χ1n) is 4.83. The van der Waals surface area contributed by atoms with Crippen LogP contribution in [0.3, 0.4) is 0 Å². The number of thioether (sulfide) groups is 1. The quantitative estimate of drug-likeness (QED) is 0.821. The summed E-state index contributed by atoms with van der Waals surface area (Å²) < 4.78 is 13.0. The Labute approximate surface area is 88.1 Å². The van der Waals surface area contributed by atoms with Gasteiger partial charge in [0.2, 0.25) is 0 Å². The maximum absolute atomic E-state index is 12.7. The first-order valence-corrected chi connectivity index (χ1v) is 5.65. The Hall–Kier alpha value is -0.540. The third kappa shape index (κ3) is 2.28. The summed E-state index contributed by atoms with van der Waals surface area (Å²) in [6.07, 6.45) is 2.52. The van der Waals surface area contributed by atoms with Crippen molar-refractivity contribution in [3.63, 3.8) is 0 Å². The molecular formula is C11H14FNS. The van der Waals surface area contributed by atoms with Crippen LogP contribution in [0.25, 0.3) is 0 Å². The standard InChI is InChI=1S/C11H14FNS/c1-13-8-11(6-7-11)14-10-4-2-9(12)3-5-10/h2-5,13H,6-8H2,1H3. The van der Waals surface area contributed by atoms with E-state index in [1.54, 1.807) is 0 Å². The molecule has 0 radical (unpaired) electrons. The summed E-state index contributed by atoms with van der Waals surface area (Å²) >= 11 is 1.86. The fourth-order valence-electron chi connectivity index (χ4n) is 1.53. The van der Waals surface area contributed by atoms with Crippen molar-refractivity contribution in [3.05, 3.63) is 30.1 Å². The molecule has 0 atom stereocenters. The number of nitrogens with one attached hydrogen (secondary N) is 1. The van der Waals surface area contributed by atoms with Crippen LogP contribution in [0.5, 0.6) is 0 Å². The Morgan fingerprint density at radius 2 is 2.00 bits per heavy atom. The second-order valence-electron chi connectivity index (χ2n) is 3.77. The average molecular weight is 211 g/mol. The van der Waals surface area contributed by atoms with E-state index in [2.05, 4.69) is 5.32 Å². The summed E-state index contributed by atoms with van der Waals surface area (Å²) in [6, 6.07) is 6.76. The largest absolute Gasteiger partial charge is 0.318 e. The second-order valence-corrected chi connectivity index (χ2v) is 5.31. The molecule has 76 valence electrons. The van der Waals surface area contributed by atoms with E-state index in [0.717, 1.165) is 6.54 Å². The van der Waals surface area contributed by atoms with Crippen LogP contribution in [0.1, 0.15) is 12.8 Å². The molecule has 0 unspecified atom stereocenters. The smallest absolute Gasteiger partial charge is 0.123 e. The van der Waals surface area contributed by atoms with Crippen LogP contribution >= 0.6 is 11.8 Å². The summed E-state index contributed by atoms with van der Waals surface area (Å²) in [7, 11) is 1.98. The van der Waals surface area contributed by atoms with Crippen molar-refractivity contribution in [2.24, 2.45) is 0 Å². The molecule has 1 fully saturated rings. The zero-order valence-electron chi connectivity index (χ0n) is 8.22. The molecule has 0 bridgehead atoms. The Morgan fingerprint density at radius 1 is 1.36 bits per heavy atom. The van der Waals surface area contributed by atoms with Gasteiger partial charge in [-0.1, -0.05) is 0 Å². The fourth-order valence-corrected chi connectivity index (χ4v) is 2.82. The van der Waals surface area contributed by atoms with Crippen LogP contribution in [0, 0.1) is 5.82 Å². The molecule has 3 heteroatoms. The Balaban J connectivity index is 2.00. The van der Waals surface area contributed by atoms with E-state index in [1.165, 1.54) is 29.9 Å². The fraction of sp³-hybridized carbons (Fsp3) is 0.455. The first-order chi connectivity index (χ1) is 6.74. The molecule has 1 saturated carbocycles. The Bertz CT molecular complexity index is 306. The van der Waals surface area contributed by atoms with Crippen molar-refractivity contribution in [2.75, 3.05) is 13.6 Å². The molecule has 0 heterocycles. The predicted octanol–water partition coefficient (Wildman–Crippen LogP) is 2.67. The lowest BCUT2D eigenvalue weighted by Crippen LogP contribution is -2.22. The van der Waals surface area contributed by atoms with Crippen LogP contribution in [0.15, 0.2) is 29.2 Å². The van der Waals surface area contributed by atoms with Crippen LogP contribution in [-0.4, -0.2) is 18.3 Å². The van der Waals surface area contributed by atoms with Gasteiger partial charge in [-0.15, -0.1) is 11.8 Å². The molecule has 0 amide bonds. The summed E-state index contributed by atoms with van der Waals surface area (Å²) in [6.45, 7) is 1.04. The molecule has 1 aliphatic rings. The van der Waals surface area contributed by atoms with Gasteiger partial charge < -0.3 is 5.32 Å². The second kappa shape index (κ2) is 3.91. The number of halogens is 1. The van der Waals surface area contributed by atoms with Gasteiger partial charge in [-0.2, -0.15) is 0 Å². The lowest BCUT2D eigenvalue weighted by molar-refractivity contribution is 0.626. The van der Waals surface area contributed by atoms with Gasteiger partial charge in [-0.25, -0.2) is 4.39 Å². The maximum atomic E-state index is 12.7. The van der Waals surface area contributed by atoms with Crippen molar-refractivity contribution in [2.45, 2.75) is 22.5 Å². The first kappa shape index (κ1) is 9.99. The monoisotopic (exact) mass is 211 g/mol. The Kier molecular flexibility index (Phi) is 2.79. The van der Waals surface area contributed by atoms with E-state index >= 15 is 0 Å². The van der Waals surface area contributed by atoms with Gasteiger partial charge in [0.1, 0.15) is 5.82 Å². The highest BCUT2D eigenvalue weighted by molar-refractivity contribution is 8.01. The maximum Gasteiger partial charge on any atom is 0.123 e. The van der Waals surface area contributed by atoms with Gasteiger partial charge in [-0.05, 0) is 44.2 Å². The van der Waals surface area contributed by atoms with E-state index in [9.17, 15) is 4.39 Å². The summed E-state index contributed by atoms with van der Waals surface area (Å²) in [5.74, 6) is -0.159. The molecule has 0 aliphatic heterocycles. The molecule has 14 heavy (non-hydrogen) atoms. The highest BCUT2D eigenvalue weighted by Crippen LogP contribution is 2.51. The summed E-state index contributed by atoms with van der Waals surface area (Å²) in [4.78, 5) is 1.17. The SMILES string of the molecule is CNCC1(Sc2ccc(F)cc2)CC1. The molecule has 0 aromatic heterocycles. The van der Waals surface area contributed by atoms with Crippen molar-refractivity contribution >= 4 is 11.8 Å². The third-order valence-corrected chi connectivity index (χ3v) is 3.95. The van der Waals surface area contributed by atoms with Crippen molar-refractivity contribution in [1.29, 1.82) is 0 Å². The lowest BCUT2D eigenvalue weighted by atomic mass is 10.3. The van der Waals surface area contributed by atoms with Crippen molar-refractivity contribution in [1.82, 2.24) is 5.32 Å². The minimum atomic E-state index is -0.159. The highest BCUT2D eigenvalue weighted by Gasteiger charge is 2.42. The highest BCUT2D eigenvalue weighted by atomic mass is 32.2. The zero-order chi connectivity index (χ0) is 10.0. The minimum absolute atomic E-state index is 0.159.